The third-order valence-electron chi connectivity index (χ3n) is 2.85. The number of rotatable bonds is 8. The lowest BCUT2D eigenvalue weighted by Crippen LogP contribution is -2.34. The molecular formula is C16H23NO3. The Labute approximate surface area is 120 Å². The molecule has 0 unspecified atom stereocenters. The normalized spacial score (nSPS) is 10.2. The molecule has 0 radical (unpaired) electrons. The van der Waals surface area contributed by atoms with E-state index in [4.69, 9.17) is 9.84 Å². The van der Waals surface area contributed by atoms with E-state index in [2.05, 4.69) is 12.6 Å². The van der Waals surface area contributed by atoms with Crippen LogP contribution in [0.1, 0.15) is 17.5 Å². The van der Waals surface area contributed by atoms with Gasteiger partial charge in [-0.25, -0.2) is 0 Å². The molecule has 4 nitrogen and oxygen atoms in total. The van der Waals surface area contributed by atoms with Crippen LogP contribution in [0.5, 0.6) is 5.75 Å². The van der Waals surface area contributed by atoms with Crippen molar-refractivity contribution in [2.75, 3.05) is 26.3 Å². The summed E-state index contributed by atoms with van der Waals surface area (Å²) in [5.74, 6) is 0.746. The summed E-state index contributed by atoms with van der Waals surface area (Å²) in [6.07, 6.45) is 1.94. The number of carbonyl (C=O) groups is 1. The maximum atomic E-state index is 11.9. The molecule has 0 aromatic heterocycles. The Bertz CT molecular complexity index is 437. The fourth-order valence-electron chi connectivity index (χ4n) is 2.02. The summed E-state index contributed by atoms with van der Waals surface area (Å²) in [6, 6.07) is 5.98. The number of hydrogen-bond acceptors (Lipinski definition) is 3. The molecule has 0 atom stereocenters. The van der Waals surface area contributed by atoms with Gasteiger partial charge >= 0.3 is 0 Å². The molecule has 0 saturated carbocycles. The van der Waals surface area contributed by atoms with E-state index in [9.17, 15) is 4.79 Å². The van der Waals surface area contributed by atoms with Crippen LogP contribution in [0.4, 0.5) is 0 Å². The summed E-state index contributed by atoms with van der Waals surface area (Å²) in [5.41, 5.74) is 2.28. The summed E-state index contributed by atoms with van der Waals surface area (Å²) in [6.45, 7) is 8.69. The summed E-state index contributed by atoms with van der Waals surface area (Å²) in [7, 11) is 0. The fourth-order valence-corrected chi connectivity index (χ4v) is 2.02. The molecule has 0 bridgehead atoms. The standard InChI is InChI=1S/C16H23NO3/c1-4-6-17(7-8-18)16(19)5-9-20-15-11-13(2)10-14(3)12-15/h4,10-12,18H,1,5-9H2,2-3H3. The van der Waals surface area contributed by atoms with Crippen molar-refractivity contribution in [2.45, 2.75) is 20.3 Å². The van der Waals surface area contributed by atoms with Crippen LogP contribution in [0.3, 0.4) is 0 Å². The zero-order valence-electron chi connectivity index (χ0n) is 12.3. The maximum Gasteiger partial charge on any atom is 0.226 e. The number of carbonyl (C=O) groups excluding carboxylic acids is 1. The SMILES string of the molecule is C=CCN(CCO)C(=O)CCOc1cc(C)cc(C)c1. The molecular weight excluding hydrogens is 254 g/mol. The Hall–Kier alpha value is -1.81. The molecule has 1 N–H and O–H groups in total. The van der Waals surface area contributed by atoms with E-state index in [1.807, 2.05) is 26.0 Å². The molecule has 0 spiro atoms. The van der Waals surface area contributed by atoms with Gasteiger partial charge in [0.05, 0.1) is 19.6 Å². The number of aryl methyl sites for hydroxylation is 2. The first-order chi connectivity index (χ1) is 9.56. The van der Waals surface area contributed by atoms with Crippen LogP contribution < -0.4 is 4.74 Å². The van der Waals surface area contributed by atoms with Crippen LogP contribution in [-0.2, 0) is 4.79 Å². The van der Waals surface area contributed by atoms with E-state index in [-0.39, 0.29) is 12.5 Å². The number of amides is 1. The number of ether oxygens (including phenoxy) is 1. The third-order valence-corrected chi connectivity index (χ3v) is 2.85. The predicted molar refractivity (Wildman–Crippen MR) is 79.9 cm³/mol. The van der Waals surface area contributed by atoms with Crippen LogP contribution >= 0.6 is 0 Å². The molecule has 0 saturated heterocycles. The van der Waals surface area contributed by atoms with E-state index in [1.54, 1.807) is 11.0 Å². The van der Waals surface area contributed by atoms with Crippen molar-refractivity contribution in [3.05, 3.63) is 42.0 Å². The second kappa shape index (κ2) is 8.38. The first-order valence-corrected chi connectivity index (χ1v) is 6.77. The number of nitrogens with zero attached hydrogens (tertiary/aromatic N) is 1. The largest absolute Gasteiger partial charge is 0.493 e. The Kier molecular flexibility index (Phi) is 6.81. The average molecular weight is 277 g/mol. The number of aliphatic hydroxyl groups excluding tert-OH is 1. The lowest BCUT2D eigenvalue weighted by Gasteiger charge is -2.20. The van der Waals surface area contributed by atoms with E-state index in [0.29, 0.717) is 26.1 Å². The Morgan fingerprint density at radius 3 is 2.55 bits per heavy atom. The van der Waals surface area contributed by atoms with Gasteiger partial charge in [-0.1, -0.05) is 12.1 Å². The second-order valence-electron chi connectivity index (χ2n) is 4.77. The zero-order valence-corrected chi connectivity index (χ0v) is 12.3. The van der Waals surface area contributed by atoms with Crippen LogP contribution in [0.15, 0.2) is 30.9 Å². The molecule has 1 rings (SSSR count). The molecule has 4 heteroatoms. The summed E-state index contributed by atoms with van der Waals surface area (Å²) >= 11 is 0. The number of hydrogen-bond donors (Lipinski definition) is 1. The first kappa shape index (κ1) is 16.2. The number of benzene rings is 1. The van der Waals surface area contributed by atoms with Crippen molar-refractivity contribution >= 4 is 5.91 Å². The molecule has 1 amide bonds. The molecule has 1 aromatic rings. The first-order valence-electron chi connectivity index (χ1n) is 6.77. The van der Waals surface area contributed by atoms with Gasteiger partial charge < -0.3 is 14.7 Å². The van der Waals surface area contributed by atoms with Gasteiger partial charge in [0, 0.05) is 13.1 Å². The quantitative estimate of drug-likeness (QED) is 0.740. The highest BCUT2D eigenvalue weighted by atomic mass is 16.5. The molecule has 110 valence electrons. The highest BCUT2D eigenvalue weighted by molar-refractivity contribution is 5.76. The van der Waals surface area contributed by atoms with Gasteiger partial charge in [0.25, 0.3) is 0 Å². The van der Waals surface area contributed by atoms with Crippen LogP contribution in [-0.4, -0.2) is 42.2 Å². The van der Waals surface area contributed by atoms with E-state index >= 15 is 0 Å². The van der Waals surface area contributed by atoms with Gasteiger partial charge in [-0.3, -0.25) is 4.79 Å². The van der Waals surface area contributed by atoms with Crippen molar-refractivity contribution in [3.63, 3.8) is 0 Å². The molecule has 0 aliphatic carbocycles. The minimum absolute atomic E-state index is 0.0386. The van der Waals surface area contributed by atoms with Crippen LogP contribution in [0.2, 0.25) is 0 Å². The molecule has 1 aromatic carbocycles. The van der Waals surface area contributed by atoms with Gasteiger partial charge in [0.2, 0.25) is 5.91 Å². The monoisotopic (exact) mass is 277 g/mol. The van der Waals surface area contributed by atoms with Crippen molar-refractivity contribution in [2.24, 2.45) is 0 Å². The smallest absolute Gasteiger partial charge is 0.226 e. The molecule has 20 heavy (non-hydrogen) atoms. The fraction of sp³-hybridized carbons (Fsp3) is 0.438. The molecule has 0 heterocycles. The highest BCUT2D eigenvalue weighted by Gasteiger charge is 2.11. The van der Waals surface area contributed by atoms with E-state index in [0.717, 1.165) is 16.9 Å². The van der Waals surface area contributed by atoms with Crippen molar-refractivity contribution < 1.29 is 14.6 Å². The Morgan fingerprint density at radius 2 is 2.00 bits per heavy atom. The second-order valence-corrected chi connectivity index (χ2v) is 4.77. The zero-order chi connectivity index (χ0) is 15.0. The lowest BCUT2D eigenvalue weighted by molar-refractivity contribution is -0.131. The summed E-state index contributed by atoms with van der Waals surface area (Å²) in [4.78, 5) is 13.5. The number of aliphatic hydroxyl groups is 1. The van der Waals surface area contributed by atoms with Gasteiger partial charge in [0.1, 0.15) is 5.75 Å². The molecule has 0 aliphatic rings. The summed E-state index contributed by atoms with van der Waals surface area (Å²) < 4.78 is 5.61. The Morgan fingerprint density at radius 1 is 1.35 bits per heavy atom. The van der Waals surface area contributed by atoms with Gasteiger partial charge in [-0.15, -0.1) is 6.58 Å². The van der Waals surface area contributed by atoms with E-state index < -0.39 is 0 Å². The maximum absolute atomic E-state index is 11.9. The average Bonchev–Trinajstić information content (AvgIpc) is 2.37. The van der Waals surface area contributed by atoms with Crippen LogP contribution in [0, 0.1) is 13.8 Å². The molecule has 0 aliphatic heterocycles. The van der Waals surface area contributed by atoms with E-state index in [1.165, 1.54) is 0 Å². The van der Waals surface area contributed by atoms with Crippen molar-refractivity contribution in [1.82, 2.24) is 4.90 Å². The van der Waals surface area contributed by atoms with Crippen molar-refractivity contribution in [3.8, 4) is 5.75 Å². The Balaban J connectivity index is 2.45. The predicted octanol–water partition coefficient (Wildman–Crippen LogP) is 2.08. The molecule has 0 fully saturated rings. The van der Waals surface area contributed by atoms with Gasteiger partial charge in [-0.05, 0) is 37.1 Å². The van der Waals surface area contributed by atoms with Crippen LogP contribution in [0.25, 0.3) is 0 Å². The van der Waals surface area contributed by atoms with Crippen molar-refractivity contribution in [1.29, 1.82) is 0 Å². The highest BCUT2D eigenvalue weighted by Crippen LogP contribution is 2.16. The van der Waals surface area contributed by atoms with Gasteiger partial charge in [0.15, 0.2) is 0 Å². The topological polar surface area (TPSA) is 49.8 Å². The lowest BCUT2D eigenvalue weighted by atomic mass is 10.1. The minimum Gasteiger partial charge on any atom is -0.493 e. The summed E-state index contributed by atoms with van der Waals surface area (Å²) in [5, 5.41) is 8.92. The third kappa shape index (κ3) is 5.45. The minimum atomic E-state index is -0.0441. The van der Waals surface area contributed by atoms with Gasteiger partial charge in [-0.2, -0.15) is 0 Å².